The summed E-state index contributed by atoms with van der Waals surface area (Å²) in [6.07, 6.45) is -6.79. The van der Waals surface area contributed by atoms with Crippen molar-refractivity contribution in [2.24, 2.45) is 5.92 Å². The Bertz CT molecular complexity index is 529. The fourth-order valence-corrected chi connectivity index (χ4v) is 2.60. The van der Waals surface area contributed by atoms with Crippen LogP contribution in [0.5, 0.6) is 0 Å². The first-order chi connectivity index (χ1) is 10.3. The summed E-state index contributed by atoms with van der Waals surface area (Å²) in [6.45, 7) is -0.0726. The monoisotopic (exact) mass is 321 g/mol. The Kier molecular flexibility index (Phi) is 5.03. The Morgan fingerprint density at radius 2 is 2.05 bits per heavy atom. The second-order valence-electron chi connectivity index (χ2n) is 5.44. The van der Waals surface area contributed by atoms with Gasteiger partial charge in [-0.15, -0.1) is 0 Å². The summed E-state index contributed by atoms with van der Waals surface area (Å²) in [5.41, 5.74) is 0.189. The predicted octanol–water partition coefficient (Wildman–Crippen LogP) is 3.97. The lowest BCUT2D eigenvalue weighted by Gasteiger charge is -2.33. The summed E-state index contributed by atoms with van der Waals surface area (Å²) in [4.78, 5) is 13.3. The number of nitrogens with zero attached hydrogens (tertiary/aromatic N) is 1. The van der Waals surface area contributed by atoms with Crippen LogP contribution in [0.25, 0.3) is 0 Å². The highest BCUT2D eigenvalue weighted by Gasteiger charge is 2.42. The Balaban J connectivity index is 2.01. The lowest BCUT2D eigenvalue weighted by molar-refractivity contribution is -0.187. The van der Waals surface area contributed by atoms with Gasteiger partial charge in [0.25, 0.3) is 6.43 Å². The van der Waals surface area contributed by atoms with Crippen LogP contribution in [0.4, 0.5) is 22.0 Å². The normalized spacial score (nSPS) is 19.5. The Morgan fingerprint density at radius 3 is 2.68 bits per heavy atom. The van der Waals surface area contributed by atoms with Crippen molar-refractivity contribution in [1.29, 1.82) is 0 Å². The van der Waals surface area contributed by atoms with Crippen LogP contribution in [-0.2, 0) is 11.2 Å². The van der Waals surface area contributed by atoms with Crippen LogP contribution in [0.2, 0.25) is 0 Å². The van der Waals surface area contributed by atoms with Crippen molar-refractivity contribution in [3.63, 3.8) is 0 Å². The van der Waals surface area contributed by atoms with E-state index in [-0.39, 0.29) is 31.5 Å². The third-order valence-corrected chi connectivity index (χ3v) is 3.80. The van der Waals surface area contributed by atoms with Gasteiger partial charge in [0.05, 0.1) is 12.3 Å². The van der Waals surface area contributed by atoms with Gasteiger partial charge in [-0.25, -0.2) is 8.78 Å². The number of likely N-dealkylation sites (tertiary alicyclic amines) is 1. The minimum Gasteiger partial charge on any atom is -0.342 e. The summed E-state index contributed by atoms with van der Waals surface area (Å²) < 4.78 is 63.4. The molecule has 1 aromatic carbocycles. The van der Waals surface area contributed by atoms with Gasteiger partial charge in [0.15, 0.2) is 0 Å². The largest absolute Gasteiger partial charge is 0.393 e. The molecular weight excluding hydrogens is 305 g/mol. The van der Waals surface area contributed by atoms with Gasteiger partial charge in [-0.3, -0.25) is 4.79 Å². The van der Waals surface area contributed by atoms with Crippen LogP contribution in [0.1, 0.15) is 30.4 Å². The summed E-state index contributed by atoms with van der Waals surface area (Å²) in [7, 11) is 0. The molecule has 1 aliphatic rings. The standard InChI is InChI=1S/C15H16F5NO/c16-14(17)11-4-1-3-10(7-11)8-13(22)21-6-2-5-12(9-21)15(18,19)20/h1,3-4,7,12,14H,2,5-6,8-9H2/t12-/m0/s1. The van der Waals surface area contributed by atoms with Gasteiger partial charge in [-0.1, -0.05) is 18.2 Å². The van der Waals surface area contributed by atoms with Gasteiger partial charge >= 0.3 is 6.18 Å². The number of piperidine rings is 1. The molecule has 122 valence electrons. The maximum atomic E-state index is 12.7. The molecule has 1 fully saturated rings. The third kappa shape index (κ3) is 4.18. The number of benzene rings is 1. The first-order valence-electron chi connectivity index (χ1n) is 6.99. The Morgan fingerprint density at radius 1 is 1.32 bits per heavy atom. The first kappa shape index (κ1) is 16.7. The van der Waals surface area contributed by atoms with Crippen molar-refractivity contribution in [1.82, 2.24) is 4.90 Å². The molecule has 0 radical (unpaired) electrons. The van der Waals surface area contributed by atoms with Crippen LogP contribution < -0.4 is 0 Å². The van der Waals surface area contributed by atoms with Crippen molar-refractivity contribution in [3.05, 3.63) is 35.4 Å². The lowest BCUT2D eigenvalue weighted by Crippen LogP contribution is -2.45. The average Bonchev–Trinajstić information content (AvgIpc) is 2.46. The molecule has 0 spiro atoms. The van der Waals surface area contributed by atoms with E-state index in [0.29, 0.717) is 12.0 Å². The molecular formula is C15H16F5NO. The molecule has 0 aliphatic carbocycles. The SMILES string of the molecule is O=C(Cc1cccc(C(F)F)c1)N1CCC[C@H](C(F)(F)F)C1. The minimum atomic E-state index is -4.31. The molecule has 22 heavy (non-hydrogen) atoms. The summed E-state index contributed by atoms with van der Waals surface area (Å²) >= 11 is 0. The molecule has 1 aliphatic heterocycles. The number of carbonyl (C=O) groups excluding carboxylic acids is 1. The van der Waals surface area contributed by atoms with Gasteiger partial charge in [0.2, 0.25) is 5.91 Å². The number of hydrogen-bond donors (Lipinski definition) is 0. The first-order valence-corrected chi connectivity index (χ1v) is 6.99. The van der Waals surface area contributed by atoms with Gasteiger partial charge < -0.3 is 4.90 Å². The van der Waals surface area contributed by atoms with E-state index in [4.69, 9.17) is 0 Å². The van der Waals surface area contributed by atoms with Crippen molar-refractivity contribution < 1.29 is 26.7 Å². The van der Waals surface area contributed by atoms with E-state index in [1.54, 1.807) is 0 Å². The molecule has 0 N–H and O–H groups in total. The summed E-state index contributed by atoms with van der Waals surface area (Å²) in [6, 6.07) is 5.40. The number of hydrogen-bond acceptors (Lipinski definition) is 1. The molecule has 1 heterocycles. The summed E-state index contributed by atoms with van der Waals surface area (Å²) in [5.74, 6) is -1.96. The van der Waals surface area contributed by atoms with Gasteiger partial charge in [-0.2, -0.15) is 13.2 Å². The molecule has 1 aromatic rings. The average molecular weight is 321 g/mol. The highest BCUT2D eigenvalue weighted by atomic mass is 19.4. The van der Waals surface area contributed by atoms with E-state index in [1.807, 2.05) is 0 Å². The molecule has 0 aromatic heterocycles. The highest BCUT2D eigenvalue weighted by molar-refractivity contribution is 5.79. The Labute approximate surface area is 124 Å². The van der Waals surface area contributed by atoms with Crippen LogP contribution in [0.3, 0.4) is 0 Å². The van der Waals surface area contributed by atoms with E-state index in [2.05, 4.69) is 0 Å². The molecule has 1 atom stereocenters. The van der Waals surface area contributed by atoms with Crippen LogP contribution in [-0.4, -0.2) is 30.1 Å². The fraction of sp³-hybridized carbons (Fsp3) is 0.533. The van der Waals surface area contributed by atoms with E-state index in [0.717, 1.165) is 0 Å². The minimum absolute atomic E-state index is 0.0220. The van der Waals surface area contributed by atoms with E-state index < -0.39 is 24.4 Å². The van der Waals surface area contributed by atoms with E-state index in [9.17, 15) is 26.7 Å². The number of alkyl halides is 5. The van der Waals surface area contributed by atoms with E-state index in [1.165, 1.54) is 29.2 Å². The maximum Gasteiger partial charge on any atom is 0.393 e. The second-order valence-corrected chi connectivity index (χ2v) is 5.44. The zero-order chi connectivity index (χ0) is 16.3. The van der Waals surface area contributed by atoms with E-state index >= 15 is 0 Å². The van der Waals surface area contributed by atoms with Crippen molar-refractivity contribution >= 4 is 5.91 Å². The molecule has 1 saturated heterocycles. The summed E-state index contributed by atoms with van der Waals surface area (Å²) in [5, 5.41) is 0. The molecule has 2 nitrogen and oxygen atoms in total. The van der Waals surface area contributed by atoms with Gasteiger partial charge in [-0.05, 0) is 24.5 Å². The van der Waals surface area contributed by atoms with Crippen molar-refractivity contribution in [2.75, 3.05) is 13.1 Å². The number of rotatable bonds is 3. The topological polar surface area (TPSA) is 20.3 Å². The number of halogens is 5. The quantitative estimate of drug-likeness (QED) is 0.772. The second kappa shape index (κ2) is 6.62. The smallest absolute Gasteiger partial charge is 0.342 e. The molecule has 0 unspecified atom stereocenters. The third-order valence-electron chi connectivity index (χ3n) is 3.80. The van der Waals surface area contributed by atoms with Crippen molar-refractivity contribution in [2.45, 2.75) is 31.9 Å². The Hall–Kier alpha value is -1.66. The van der Waals surface area contributed by atoms with Gasteiger partial charge in [0.1, 0.15) is 0 Å². The molecule has 1 amide bonds. The number of amides is 1. The van der Waals surface area contributed by atoms with Crippen LogP contribution in [0.15, 0.2) is 24.3 Å². The molecule has 0 bridgehead atoms. The van der Waals surface area contributed by atoms with Gasteiger partial charge in [0, 0.05) is 18.7 Å². The van der Waals surface area contributed by atoms with Crippen LogP contribution in [0, 0.1) is 5.92 Å². The molecule has 7 heteroatoms. The fourth-order valence-electron chi connectivity index (χ4n) is 2.60. The van der Waals surface area contributed by atoms with Crippen molar-refractivity contribution in [3.8, 4) is 0 Å². The highest BCUT2D eigenvalue weighted by Crippen LogP contribution is 2.33. The lowest BCUT2D eigenvalue weighted by atomic mass is 9.97. The predicted molar refractivity (Wildman–Crippen MR) is 70.5 cm³/mol. The number of carbonyl (C=O) groups is 1. The zero-order valence-electron chi connectivity index (χ0n) is 11.7. The van der Waals surface area contributed by atoms with Crippen LogP contribution >= 0.6 is 0 Å². The molecule has 2 rings (SSSR count). The zero-order valence-corrected chi connectivity index (χ0v) is 11.7. The molecule has 0 saturated carbocycles. The maximum absolute atomic E-state index is 12.7.